The molecule has 1 amide bonds. The van der Waals surface area contributed by atoms with Crippen LogP contribution in [0, 0.1) is 0 Å². The molecule has 0 spiro atoms. The van der Waals surface area contributed by atoms with Crippen LogP contribution in [0.3, 0.4) is 0 Å². The van der Waals surface area contributed by atoms with E-state index in [1.165, 1.54) is 30.3 Å². The van der Waals surface area contributed by atoms with E-state index in [-0.39, 0.29) is 5.91 Å². The van der Waals surface area contributed by atoms with Gasteiger partial charge in [-0.15, -0.1) is 0 Å². The van der Waals surface area contributed by atoms with Crippen molar-refractivity contribution in [3.63, 3.8) is 0 Å². The number of hydrogen-bond acceptors (Lipinski definition) is 4. The number of aromatic nitrogens is 3. The summed E-state index contributed by atoms with van der Waals surface area (Å²) < 4.78 is 1.78. The van der Waals surface area contributed by atoms with Gasteiger partial charge in [0.2, 0.25) is 5.91 Å². The zero-order valence-corrected chi connectivity index (χ0v) is 15.3. The molecule has 0 saturated carbocycles. The molecule has 1 aromatic heterocycles. The number of benzene rings is 1. The second kappa shape index (κ2) is 7.99. The number of carbonyl (C=O) groups excluding carboxylic acids is 1. The Morgan fingerprint density at radius 1 is 1.12 bits per heavy atom. The highest BCUT2D eigenvalue weighted by Crippen LogP contribution is 2.25. The molecule has 2 heterocycles. The number of hydrogen-bond donors (Lipinski definition) is 0. The van der Waals surface area contributed by atoms with Gasteiger partial charge in [-0.25, -0.2) is 4.98 Å². The van der Waals surface area contributed by atoms with Crippen LogP contribution in [0.5, 0.6) is 0 Å². The predicted octanol–water partition coefficient (Wildman–Crippen LogP) is 1.76. The molecule has 6 heteroatoms. The standard InChI is InChI=1S/C20H27N5O/c26-20(6-3-9-25-16-21-15-22-25)24-12-10-23(11-13-24)19-8-7-17-4-1-2-5-18(17)14-19/h1-2,4-5,15-16,19H,3,6-14H2/t19-/m0/s1. The van der Waals surface area contributed by atoms with Gasteiger partial charge >= 0.3 is 0 Å². The van der Waals surface area contributed by atoms with E-state index in [0.29, 0.717) is 12.5 Å². The van der Waals surface area contributed by atoms with E-state index in [2.05, 4.69) is 39.2 Å². The van der Waals surface area contributed by atoms with Crippen LogP contribution in [0.4, 0.5) is 0 Å². The van der Waals surface area contributed by atoms with Crippen LogP contribution in [-0.4, -0.2) is 62.7 Å². The van der Waals surface area contributed by atoms with E-state index < -0.39 is 0 Å². The van der Waals surface area contributed by atoms with Crippen molar-refractivity contribution in [3.8, 4) is 0 Å². The molecule has 0 bridgehead atoms. The summed E-state index contributed by atoms with van der Waals surface area (Å²) in [5.41, 5.74) is 3.03. The van der Waals surface area contributed by atoms with Crippen molar-refractivity contribution in [1.29, 1.82) is 0 Å². The highest BCUT2D eigenvalue weighted by atomic mass is 16.2. The van der Waals surface area contributed by atoms with E-state index in [0.717, 1.165) is 45.6 Å². The van der Waals surface area contributed by atoms with Gasteiger partial charge in [0, 0.05) is 45.2 Å². The minimum atomic E-state index is 0.277. The van der Waals surface area contributed by atoms with E-state index in [1.54, 1.807) is 11.0 Å². The number of fused-ring (bicyclic) bond motifs is 1. The molecule has 2 aliphatic rings. The minimum absolute atomic E-state index is 0.277. The van der Waals surface area contributed by atoms with Crippen LogP contribution in [0.2, 0.25) is 0 Å². The summed E-state index contributed by atoms with van der Waals surface area (Å²) in [5.74, 6) is 0.277. The Morgan fingerprint density at radius 3 is 2.69 bits per heavy atom. The smallest absolute Gasteiger partial charge is 0.222 e. The SMILES string of the molecule is O=C(CCCn1cncn1)N1CCN([C@H]2CCc3ccccc3C2)CC1. The molecule has 1 aliphatic carbocycles. The second-order valence-corrected chi connectivity index (χ2v) is 7.34. The summed E-state index contributed by atoms with van der Waals surface area (Å²) in [4.78, 5) is 21.0. The molecule has 1 aliphatic heterocycles. The molecule has 0 N–H and O–H groups in total. The molecule has 26 heavy (non-hydrogen) atoms. The Labute approximate surface area is 154 Å². The average molecular weight is 353 g/mol. The van der Waals surface area contributed by atoms with E-state index >= 15 is 0 Å². The van der Waals surface area contributed by atoms with Crippen LogP contribution in [0.1, 0.15) is 30.4 Å². The third-order valence-electron chi connectivity index (χ3n) is 5.75. The lowest BCUT2D eigenvalue weighted by molar-refractivity contribution is -0.133. The lowest BCUT2D eigenvalue weighted by Crippen LogP contribution is -2.53. The number of rotatable bonds is 5. The summed E-state index contributed by atoms with van der Waals surface area (Å²) in [5, 5.41) is 4.08. The van der Waals surface area contributed by atoms with Gasteiger partial charge in [-0.3, -0.25) is 14.4 Å². The normalized spacial score (nSPS) is 20.8. The summed E-state index contributed by atoms with van der Waals surface area (Å²) in [7, 11) is 0. The molecule has 1 atom stereocenters. The molecule has 0 radical (unpaired) electrons. The minimum Gasteiger partial charge on any atom is -0.340 e. The van der Waals surface area contributed by atoms with Gasteiger partial charge in [0.1, 0.15) is 12.7 Å². The van der Waals surface area contributed by atoms with Gasteiger partial charge in [0.05, 0.1) is 0 Å². The molecule has 1 saturated heterocycles. The maximum atomic E-state index is 12.4. The fraction of sp³-hybridized carbons (Fsp3) is 0.550. The van der Waals surface area contributed by atoms with Crippen molar-refractivity contribution in [2.75, 3.05) is 26.2 Å². The van der Waals surface area contributed by atoms with Gasteiger partial charge in [-0.05, 0) is 36.8 Å². The summed E-state index contributed by atoms with van der Waals surface area (Å²) in [6.07, 6.45) is 8.22. The van der Waals surface area contributed by atoms with Crippen molar-refractivity contribution in [3.05, 3.63) is 48.0 Å². The number of nitrogens with zero attached hydrogens (tertiary/aromatic N) is 5. The highest BCUT2D eigenvalue weighted by Gasteiger charge is 2.28. The van der Waals surface area contributed by atoms with E-state index in [9.17, 15) is 4.79 Å². The third-order valence-corrected chi connectivity index (χ3v) is 5.75. The average Bonchev–Trinajstić information content (AvgIpc) is 3.21. The summed E-state index contributed by atoms with van der Waals surface area (Å²) >= 11 is 0. The summed E-state index contributed by atoms with van der Waals surface area (Å²) in [6, 6.07) is 9.47. The van der Waals surface area contributed by atoms with Crippen LogP contribution in [0.15, 0.2) is 36.9 Å². The second-order valence-electron chi connectivity index (χ2n) is 7.34. The first kappa shape index (κ1) is 17.2. The first-order chi connectivity index (χ1) is 12.8. The van der Waals surface area contributed by atoms with Crippen molar-refractivity contribution in [1.82, 2.24) is 24.6 Å². The molecular formula is C20H27N5O. The van der Waals surface area contributed by atoms with Gasteiger partial charge in [0.25, 0.3) is 0 Å². The zero-order valence-electron chi connectivity index (χ0n) is 15.3. The Bertz CT molecular complexity index is 722. The lowest BCUT2D eigenvalue weighted by Gasteiger charge is -2.41. The Kier molecular flexibility index (Phi) is 5.29. The monoisotopic (exact) mass is 353 g/mol. The number of carbonyl (C=O) groups is 1. The zero-order chi connectivity index (χ0) is 17.8. The van der Waals surface area contributed by atoms with Crippen LogP contribution in [0.25, 0.3) is 0 Å². The van der Waals surface area contributed by atoms with Gasteiger partial charge in [-0.1, -0.05) is 24.3 Å². The molecule has 0 unspecified atom stereocenters. The van der Waals surface area contributed by atoms with Gasteiger partial charge < -0.3 is 4.90 Å². The molecule has 2 aromatic rings. The molecule has 138 valence electrons. The number of aryl methyl sites for hydroxylation is 2. The Balaban J connectivity index is 1.22. The van der Waals surface area contributed by atoms with Gasteiger partial charge in [0.15, 0.2) is 0 Å². The van der Waals surface area contributed by atoms with Crippen LogP contribution < -0.4 is 0 Å². The fourth-order valence-corrected chi connectivity index (χ4v) is 4.23. The molecule has 6 nitrogen and oxygen atoms in total. The molecule has 4 rings (SSSR count). The van der Waals surface area contributed by atoms with Crippen molar-refractivity contribution in [2.24, 2.45) is 0 Å². The number of piperazine rings is 1. The summed E-state index contributed by atoms with van der Waals surface area (Å²) in [6.45, 7) is 4.48. The maximum absolute atomic E-state index is 12.4. The Morgan fingerprint density at radius 2 is 1.92 bits per heavy atom. The maximum Gasteiger partial charge on any atom is 0.222 e. The fourth-order valence-electron chi connectivity index (χ4n) is 4.23. The van der Waals surface area contributed by atoms with Crippen LogP contribution in [-0.2, 0) is 24.2 Å². The molecule has 1 aromatic carbocycles. The number of amides is 1. The molecule has 1 fully saturated rings. The molecular weight excluding hydrogens is 326 g/mol. The lowest BCUT2D eigenvalue weighted by atomic mass is 9.87. The quantitative estimate of drug-likeness (QED) is 0.822. The first-order valence-corrected chi connectivity index (χ1v) is 9.70. The van der Waals surface area contributed by atoms with Crippen molar-refractivity contribution >= 4 is 5.91 Å². The van der Waals surface area contributed by atoms with Gasteiger partial charge in [-0.2, -0.15) is 5.10 Å². The van der Waals surface area contributed by atoms with E-state index in [1.807, 2.05) is 4.90 Å². The highest BCUT2D eigenvalue weighted by molar-refractivity contribution is 5.76. The Hall–Kier alpha value is -2.21. The topological polar surface area (TPSA) is 54.3 Å². The first-order valence-electron chi connectivity index (χ1n) is 9.70. The van der Waals surface area contributed by atoms with Crippen molar-refractivity contribution in [2.45, 2.75) is 44.7 Å². The van der Waals surface area contributed by atoms with Crippen molar-refractivity contribution < 1.29 is 4.79 Å². The largest absolute Gasteiger partial charge is 0.340 e. The third kappa shape index (κ3) is 3.96. The van der Waals surface area contributed by atoms with Crippen LogP contribution >= 0.6 is 0 Å². The van der Waals surface area contributed by atoms with E-state index in [4.69, 9.17) is 0 Å². The predicted molar refractivity (Wildman–Crippen MR) is 99.7 cm³/mol.